The van der Waals surface area contributed by atoms with Crippen molar-refractivity contribution in [3.05, 3.63) is 17.5 Å². The van der Waals surface area contributed by atoms with E-state index in [1.165, 1.54) is 0 Å². The molecule has 5 nitrogen and oxygen atoms in total. The Morgan fingerprint density at radius 3 is 2.59 bits per heavy atom. The largest absolute Gasteiger partial charge is 0.348 e. The smallest absolute Gasteiger partial charge is 0.234 e. The highest BCUT2D eigenvalue weighted by molar-refractivity contribution is 5.78. The molecule has 1 amide bonds. The van der Waals surface area contributed by atoms with Gasteiger partial charge in [-0.25, -0.2) is 0 Å². The lowest BCUT2D eigenvalue weighted by atomic mass is 10.1. The van der Waals surface area contributed by atoms with E-state index in [2.05, 4.69) is 15.7 Å². The molecule has 5 heteroatoms. The number of carbonyl (C=O) groups excluding carboxylic acids is 1. The number of hydrogen-bond acceptors (Lipinski definition) is 3. The Morgan fingerprint density at radius 1 is 1.47 bits per heavy atom. The van der Waals surface area contributed by atoms with Crippen molar-refractivity contribution < 1.29 is 4.79 Å². The van der Waals surface area contributed by atoms with Crippen LogP contribution in [-0.4, -0.2) is 28.3 Å². The van der Waals surface area contributed by atoms with Crippen LogP contribution in [-0.2, 0) is 11.8 Å². The number of aryl methyl sites for hydroxylation is 1. The Bertz CT molecular complexity index is 384. The molecule has 0 aliphatic heterocycles. The van der Waals surface area contributed by atoms with Crippen molar-refractivity contribution in [1.82, 2.24) is 20.4 Å². The van der Waals surface area contributed by atoms with Gasteiger partial charge in [0.2, 0.25) is 5.91 Å². The van der Waals surface area contributed by atoms with Crippen LogP contribution < -0.4 is 10.6 Å². The number of hydrogen-bond donors (Lipinski definition) is 2. The lowest BCUT2D eigenvalue weighted by Gasteiger charge is -2.15. The van der Waals surface area contributed by atoms with Crippen LogP contribution in [0.4, 0.5) is 0 Å². The molecule has 0 aliphatic rings. The van der Waals surface area contributed by atoms with E-state index in [1.54, 1.807) is 6.20 Å². The van der Waals surface area contributed by atoms with Crippen LogP contribution >= 0.6 is 0 Å². The highest BCUT2D eigenvalue weighted by Crippen LogP contribution is 2.15. The molecule has 0 aromatic carbocycles. The lowest BCUT2D eigenvalue weighted by Crippen LogP contribution is -2.38. The van der Waals surface area contributed by atoms with Gasteiger partial charge in [0.05, 0.1) is 18.8 Å². The number of aromatic nitrogens is 2. The van der Waals surface area contributed by atoms with Crippen LogP contribution in [0.5, 0.6) is 0 Å². The second-order valence-corrected chi connectivity index (χ2v) is 4.63. The molecule has 2 N–H and O–H groups in total. The zero-order chi connectivity index (χ0) is 13.0. The van der Waals surface area contributed by atoms with Crippen molar-refractivity contribution in [2.24, 2.45) is 7.05 Å². The van der Waals surface area contributed by atoms with Crippen molar-refractivity contribution in [3.63, 3.8) is 0 Å². The molecule has 1 unspecified atom stereocenters. The predicted octanol–water partition coefficient (Wildman–Crippen LogP) is 0.904. The van der Waals surface area contributed by atoms with E-state index >= 15 is 0 Å². The van der Waals surface area contributed by atoms with Gasteiger partial charge in [-0.3, -0.25) is 9.48 Å². The van der Waals surface area contributed by atoms with Crippen LogP contribution in [0.25, 0.3) is 0 Å². The molecule has 0 spiro atoms. The Hall–Kier alpha value is -1.36. The molecule has 1 atom stereocenters. The molecule has 0 aliphatic carbocycles. The number of amides is 1. The van der Waals surface area contributed by atoms with Gasteiger partial charge in [0.1, 0.15) is 0 Å². The van der Waals surface area contributed by atoms with Gasteiger partial charge in [-0.15, -0.1) is 0 Å². The van der Waals surface area contributed by atoms with Gasteiger partial charge in [0, 0.05) is 24.3 Å². The minimum absolute atomic E-state index is 0.00875. The van der Waals surface area contributed by atoms with E-state index in [4.69, 9.17) is 0 Å². The summed E-state index contributed by atoms with van der Waals surface area (Å²) in [5.41, 5.74) is 2.14. The second kappa shape index (κ2) is 5.82. The Balaban J connectivity index is 2.52. The van der Waals surface area contributed by atoms with Crippen molar-refractivity contribution >= 4 is 5.91 Å². The minimum Gasteiger partial charge on any atom is -0.348 e. The van der Waals surface area contributed by atoms with E-state index < -0.39 is 0 Å². The van der Waals surface area contributed by atoms with Crippen molar-refractivity contribution in [3.8, 4) is 0 Å². The Kier molecular flexibility index (Phi) is 4.69. The standard InChI is InChI=1S/C12H22N4O/c1-8(2)13-7-12(17)15-9(3)11-6-14-16(5)10(11)4/h6,8-9,13H,7H2,1-5H3,(H,15,17). The molecule has 0 fully saturated rings. The molecule has 1 aromatic rings. The van der Waals surface area contributed by atoms with Crippen molar-refractivity contribution in [2.75, 3.05) is 6.54 Å². The summed E-state index contributed by atoms with van der Waals surface area (Å²) in [5.74, 6) is 0.00875. The van der Waals surface area contributed by atoms with Gasteiger partial charge in [-0.2, -0.15) is 5.10 Å². The van der Waals surface area contributed by atoms with Gasteiger partial charge < -0.3 is 10.6 Å². The molecule has 0 saturated heterocycles. The van der Waals surface area contributed by atoms with Gasteiger partial charge in [-0.1, -0.05) is 13.8 Å². The SMILES string of the molecule is Cc1c(C(C)NC(=O)CNC(C)C)cnn1C. The van der Waals surface area contributed by atoms with E-state index in [9.17, 15) is 4.79 Å². The van der Waals surface area contributed by atoms with Crippen LogP contribution in [0.3, 0.4) is 0 Å². The fraction of sp³-hybridized carbons (Fsp3) is 0.667. The predicted molar refractivity (Wildman–Crippen MR) is 67.6 cm³/mol. The maximum atomic E-state index is 11.6. The third kappa shape index (κ3) is 3.85. The zero-order valence-corrected chi connectivity index (χ0v) is 11.2. The average molecular weight is 238 g/mol. The quantitative estimate of drug-likeness (QED) is 0.801. The first-order chi connectivity index (χ1) is 7.91. The van der Waals surface area contributed by atoms with Gasteiger partial charge in [0.15, 0.2) is 0 Å². The average Bonchev–Trinajstić information content (AvgIpc) is 2.57. The van der Waals surface area contributed by atoms with E-state index in [0.717, 1.165) is 11.3 Å². The zero-order valence-electron chi connectivity index (χ0n) is 11.2. The van der Waals surface area contributed by atoms with Crippen LogP contribution in [0.15, 0.2) is 6.20 Å². The van der Waals surface area contributed by atoms with Crippen molar-refractivity contribution in [1.29, 1.82) is 0 Å². The molecule has 0 radical (unpaired) electrons. The monoisotopic (exact) mass is 238 g/mol. The summed E-state index contributed by atoms with van der Waals surface area (Å²) < 4.78 is 1.81. The van der Waals surface area contributed by atoms with E-state index in [0.29, 0.717) is 12.6 Å². The van der Waals surface area contributed by atoms with Crippen LogP contribution in [0.2, 0.25) is 0 Å². The highest BCUT2D eigenvalue weighted by atomic mass is 16.1. The number of nitrogens with zero attached hydrogens (tertiary/aromatic N) is 2. The Morgan fingerprint density at radius 2 is 2.12 bits per heavy atom. The summed E-state index contributed by atoms with van der Waals surface area (Å²) in [6.45, 7) is 8.35. The minimum atomic E-state index is -0.00911. The summed E-state index contributed by atoms with van der Waals surface area (Å²) in [6, 6.07) is 0.307. The number of carbonyl (C=O) groups is 1. The first kappa shape index (κ1) is 13.7. The maximum absolute atomic E-state index is 11.6. The van der Waals surface area contributed by atoms with Crippen molar-refractivity contribution in [2.45, 2.75) is 39.8 Å². The normalized spacial score (nSPS) is 12.8. The van der Waals surface area contributed by atoms with E-state index in [1.807, 2.05) is 39.4 Å². The summed E-state index contributed by atoms with van der Waals surface area (Å²) >= 11 is 0. The molecular formula is C12H22N4O. The molecule has 96 valence electrons. The molecule has 0 bridgehead atoms. The van der Waals surface area contributed by atoms with Crippen LogP contribution in [0.1, 0.15) is 38.1 Å². The van der Waals surface area contributed by atoms with Gasteiger partial charge >= 0.3 is 0 Å². The van der Waals surface area contributed by atoms with Gasteiger partial charge in [-0.05, 0) is 13.8 Å². The maximum Gasteiger partial charge on any atom is 0.234 e. The summed E-state index contributed by atoms with van der Waals surface area (Å²) in [5, 5.41) is 10.2. The molecule has 1 aromatic heterocycles. The summed E-state index contributed by atoms with van der Waals surface area (Å²) in [7, 11) is 1.90. The van der Waals surface area contributed by atoms with Crippen LogP contribution in [0, 0.1) is 6.92 Å². The van der Waals surface area contributed by atoms with E-state index in [-0.39, 0.29) is 11.9 Å². The molecule has 17 heavy (non-hydrogen) atoms. The second-order valence-electron chi connectivity index (χ2n) is 4.63. The number of rotatable bonds is 5. The first-order valence-electron chi connectivity index (χ1n) is 5.93. The summed E-state index contributed by atoms with van der Waals surface area (Å²) in [6.07, 6.45) is 1.80. The first-order valence-corrected chi connectivity index (χ1v) is 5.93. The highest BCUT2D eigenvalue weighted by Gasteiger charge is 2.14. The fourth-order valence-corrected chi connectivity index (χ4v) is 1.61. The topological polar surface area (TPSA) is 59.0 Å². The third-order valence-corrected chi connectivity index (χ3v) is 2.79. The number of nitrogens with one attached hydrogen (secondary N) is 2. The summed E-state index contributed by atoms with van der Waals surface area (Å²) in [4.78, 5) is 11.6. The molecule has 1 rings (SSSR count). The fourth-order valence-electron chi connectivity index (χ4n) is 1.61. The molecule has 0 saturated carbocycles. The molecular weight excluding hydrogens is 216 g/mol. The van der Waals surface area contributed by atoms with Gasteiger partial charge in [0.25, 0.3) is 0 Å². The third-order valence-electron chi connectivity index (χ3n) is 2.79. The Labute approximate surface area is 103 Å². The lowest BCUT2D eigenvalue weighted by molar-refractivity contribution is -0.121. The molecule has 1 heterocycles.